The molecule has 0 aliphatic rings. The number of hydrogen-bond donors (Lipinski definition) is 1. The van der Waals surface area contributed by atoms with E-state index in [9.17, 15) is 14.7 Å². The van der Waals surface area contributed by atoms with Gasteiger partial charge in [-0.2, -0.15) is 0 Å². The molecule has 0 aromatic rings. The quantitative estimate of drug-likeness (QED) is 0.0376. The monoisotopic (exact) mass is 835 g/mol. The first-order valence-corrected chi connectivity index (χ1v) is 25.1. The number of rotatable bonds is 45. The molecular weight excluding hydrogens is 741 g/mol. The lowest BCUT2D eigenvalue weighted by Gasteiger charge is -2.15. The molecule has 0 fully saturated rings. The highest BCUT2D eigenvalue weighted by molar-refractivity contribution is 5.70. The van der Waals surface area contributed by atoms with E-state index in [4.69, 9.17) is 9.47 Å². The fourth-order valence-corrected chi connectivity index (χ4v) is 6.91. The van der Waals surface area contributed by atoms with Crippen molar-refractivity contribution in [2.45, 2.75) is 238 Å². The third-order valence-corrected chi connectivity index (χ3v) is 10.7. The maximum atomic E-state index is 12.2. The van der Waals surface area contributed by atoms with Gasteiger partial charge in [0.05, 0.1) is 6.61 Å². The van der Waals surface area contributed by atoms with E-state index in [1.807, 2.05) is 0 Å². The van der Waals surface area contributed by atoms with E-state index in [1.165, 1.54) is 116 Å². The summed E-state index contributed by atoms with van der Waals surface area (Å²) >= 11 is 0. The molecule has 344 valence electrons. The van der Waals surface area contributed by atoms with Crippen LogP contribution >= 0.6 is 0 Å². The van der Waals surface area contributed by atoms with Crippen LogP contribution in [0.5, 0.6) is 0 Å². The van der Waals surface area contributed by atoms with Crippen LogP contribution in [0.2, 0.25) is 0 Å². The molecule has 0 aromatic carbocycles. The Labute approximate surface area is 371 Å². The lowest BCUT2D eigenvalue weighted by Crippen LogP contribution is -2.28. The van der Waals surface area contributed by atoms with Crippen molar-refractivity contribution in [3.05, 3.63) is 85.1 Å². The molecule has 0 spiro atoms. The Balaban J connectivity index is 3.47. The summed E-state index contributed by atoms with van der Waals surface area (Å²) < 4.78 is 10.6. The fourth-order valence-electron chi connectivity index (χ4n) is 6.91. The molecule has 5 nitrogen and oxygen atoms in total. The second-order valence-corrected chi connectivity index (χ2v) is 16.5. The minimum atomic E-state index is -0.779. The molecule has 0 radical (unpaired) electrons. The Kier molecular flexibility index (Phi) is 48.0. The molecule has 0 bridgehead atoms. The van der Waals surface area contributed by atoms with Crippen molar-refractivity contribution in [3.63, 3.8) is 0 Å². The lowest BCUT2D eigenvalue weighted by molar-refractivity contribution is -0.161. The van der Waals surface area contributed by atoms with Crippen molar-refractivity contribution in [1.82, 2.24) is 0 Å². The molecule has 1 unspecified atom stereocenters. The van der Waals surface area contributed by atoms with Crippen molar-refractivity contribution in [3.8, 4) is 0 Å². The van der Waals surface area contributed by atoms with Crippen molar-refractivity contribution in [2.75, 3.05) is 13.2 Å². The lowest BCUT2D eigenvalue weighted by atomic mass is 10.0. The largest absolute Gasteiger partial charge is 0.462 e. The Morgan fingerprint density at radius 1 is 0.400 bits per heavy atom. The smallest absolute Gasteiger partial charge is 0.306 e. The first kappa shape index (κ1) is 57.1. The summed E-state index contributed by atoms with van der Waals surface area (Å²) in [6, 6.07) is 0. The predicted molar refractivity (Wildman–Crippen MR) is 260 cm³/mol. The number of aliphatic hydroxyl groups is 1. The Hall–Kier alpha value is -2.92. The van der Waals surface area contributed by atoms with Crippen LogP contribution in [0.3, 0.4) is 0 Å². The van der Waals surface area contributed by atoms with Crippen LogP contribution in [0, 0.1) is 0 Å². The van der Waals surface area contributed by atoms with Crippen LogP contribution in [-0.2, 0) is 19.1 Å². The van der Waals surface area contributed by atoms with Gasteiger partial charge in [-0.3, -0.25) is 9.59 Å². The van der Waals surface area contributed by atoms with Crippen LogP contribution in [0.25, 0.3) is 0 Å². The number of carbonyl (C=O) groups is 2. The van der Waals surface area contributed by atoms with Crippen molar-refractivity contribution in [1.29, 1.82) is 0 Å². The number of unbranched alkanes of at least 4 members (excludes halogenated alkanes) is 23. The molecule has 0 heterocycles. The van der Waals surface area contributed by atoms with E-state index in [0.29, 0.717) is 12.8 Å². The van der Waals surface area contributed by atoms with E-state index in [1.54, 1.807) is 0 Å². The summed E-state index contributed by atoms with van der Waals surface area (Å²) in [6.07, 6.45) is 69.7. The van der Waals surface area contributed by atoms with Crippen LogP contribution in [-0.4, -0.2) is 36.4 Å². The maximum absolute atomic E-state index is 12.2. The van der Waals surface area contributed by atoms with Gasteiger partial charge in [0.2, 0.25) is 0 Å². The number of hydrogen-bond acceptors (Lipinski definition) is 5. The summed E-state index contributed by atoms with van der Waals surface area (Å²) in [7, 11) is 0. The molecule has 0 aromatic heterocycles. The summed E-state index contributed by atoms with van der Waals surface area (Å²) in [5, 5.41) is 9.60. The van der Waals surface area contributed by atoms with Crippen LogP contribution in [0.4, 0.5) is 0 Å². The molecule has 1 N–H and O–H groups in total. The van der Waals surface area contributed by atoms with Crippen LogP contribution in [0.1, 0.15) is 232 Å². The SMILES string of the molecule is CC/C=C\C/C=C\C/C=C\C/C=C\C/C=C\CCCCCCCCCCCCCCCCCCCC(=O)OC(CO)COC(=O)CCCCCCC/C=C\C/C=C\CCC. The molecule has 0 saturated heterocycles. The maximum Gasteiger partial charge on any atom is 0.306 e. The second-order valence-electron chi connectivity index (χ2n) is 16.5. The van der Waals surface area contributed by atoms with Gasteiger partial charge in [-0.15, -0.1) is 0 Å². The molecule has 0 amide bonds. The van der Waals surface area contributed by atoms with Gasteiger partial charge in [0.15, 0.2) is 6.10 Å². The molecule has 5 heteroatoms. The van der Waals surface area contributed by atoms with Crippen molar-refractivity contribution in [2.24, 2.45) is 0 Å². The van der Waals surface area contributed by atoms with Gasteiger partial charge in [-0.1, -0.05) is 221 Å². The fraction of sp³-hybridized carbons (Fsp3) is 0.709. The van der Waals surface area contributed by atoms with Gasteiger partial charge in [-0.05, 0) is 83.5 Å². The average Bonchev–Trinajstić information content (AvgIpc) is 3.25. The zero-order valence-electron chi connectivity index (χ0n) is 39.2. The second kappa shape index (κ2) is 50.4. The third-order valence-electron chi connectivity index (χ3n) is 10.7. The first-order valence-electron chi connectivity index (χ1n) is 25.1. The summed E-state index contributed by atoms with van der Waals surface area (Å²) in [4.78, 5) is 24.4. The highest BCUT2D eigenvalue weighted by Crippen LogP contribution is 2.15. The molecule has 0 aliphatic carbocycles. The summed E-state index contributed by atoms with van der Waals surface area (Å²) in [6.45, 7) is 3.95. The summed E-state index contributed by atoms with van der Waals surface area (Å²) in [5.74, 6) is -0.606. The van der Waals surface area contributed by atoms with E-state index >= 15 is 0 Å². The Morgan fingerprint density at radius 3 is 1.08 bits per heavy atom. The zero-order valence-corrected chi connectivity index (χ0v) is 39.2. The minimum Gasteiger partial charge on any atom is -0.462 e. The van der Waals surface area contributed by atoms with Gasteiger partial charge in [0, 0.05) is 12.8 Å². The Bertz CT molecular complexity index is 1130. The highest BCUT2D eigenvalue weighted by atomic mass is 16.6. The number of carbonyl (C=O) groups excluding carboxylic acids is 2. The van der Waals surface area contributed by atoms with E-state index in [2.05, 4.69) is 98.9 Å². The molecule has 0 saturated carbocycles. The third kappa shape index (κ3) is 47.8. The average molecular weight is 835 g/mol. The van der Waals surface area contributed by atoms with Gasteiger partial charge in [0.25, 0.3) is 0 Å². The van der Waals surface area contributed by atoms with E-state index in [-0.39, 0.29) is 25.2 Å². The number of ether oxygens (including phenoxy) is 2. The van der Waals surface area contributed by atoms with E-state index < -0.39 is 6.10 Å². The highest BCUT2D eigenvalue weighted by Gasteiger charge is 2.16. The van der Waals surface area contributed by atoms with Gasteiger partial charge >= 0.3 is 11.9 Å². The normalized spacial score (nSPS) is 12.9. The standard InChI is InChI=1S/C55H94O5/c1-3-5-7-9-11-13-15-17-18-19-20-21-22-23-24-25-26-27-28-29-30-31-32-33-34-35-36-38-40-42-44-46-48-50-55(58)60-53(51-56)52-59-54(57)49-47-45-43-41-39-37-16-14-12-10-8-6-4-2/h5,7-8,10-11,13-14,16-18,20-21,23-24,53,56H,3-4,6,9,12,15,19,22,25-52H2,1-2H3/b7-5-,10-8-,13-11-,16-14-,18-17-,21-20-,24-23-. The molecule has 1 atom stereocenters. The zero-order chi connectivity index (χ0) is 43.5. The van der Waals surface area contributed by atoms with Gasteiger partial charge in [-0.25, -0.2) is 0 Å². The van der Waals surface area contributed by atoms with Crippen molar-refractivity contribution < 1.29 is 24.2 Å². The summed E-state index contributed by atoms with van der Waals surface area (Å²) in [5.41, 5.74) is 0. The molecule has 60 heavy (non-hydrogen) atoms. The number of allylic oxidation sites excluding steroid dienone is 14. The molecule has 0 aliphatic heterocycles. The number of aliphatic hydroxyl groups excluding tert-OH is 1. The van der Waals surface area contributed by atoms with Crippen LogP contribution < -0.4 is 0 Å². The molecular formula is C55H94O5. The number of esters is 2. The Morgan fingerprint density at radius 2 is 0.717 bits per heavy atom. The minimum absolute atomic E-state index is 0.0745. The van der Waals surface area contributed by atoms with Crippen LogP contribution in [0.15, 0.2) is 85.1 Å². The first-order chi connectivity index (χ1) is 29.6. The topological polar surface area (TPSA) is 72.8 Å². The van der Waals surface area contributed by atoms with Gasteiger partial charge < -0.3 is 14.6 Å². The van der Waals surface area contributed by atoms with Gasteiger partial charge in [0.1, 0.15) is 6.61 Å². The van der Waals surface area contributed by atoms with Crippen molar-refractivity contribution >= 4 is 11.9 Å². The predicted octanol–water partition coefficient (Wildman–Crippen LogP) is 16.6. The van der Waals surface area contributed by atoms with E-state index in [0.717, 1.165) is 89.9 Å². The molecule has 0 rings (SSSR count).